The molecule has 1 aliphatic heterocycles. The number of benzene rings is 1. The van der Waals surface area contributed by atoms with Crippen LogP contribution in [-0.4, -0.2) is 74.8 Å². The highest BCUT2D eigenvalue weighted by Crippen LogP contribution is 2.20. The Kier molecular flexibility index (Phi) is 5.22. The van der Waals surface area contributed by atoms with E-state index in [2.05, 4.69) is 15.5 Å². The van der Waals surface area contributed by atoms with Crippen LogP contribution in [0.2, 0.25) is 0 Å². The number of hydrogen-bond donors (Lipinski definition) is 0. The summed E-state index contributed by atoms with van der Waals surface area (Å²) in [6.45, 7) is 3.90. The number of tetrazole rings is 1. The molecule has 9 heteroatoms. The number of nitrogens with zero attached hydrogens (tertiary/aromatic N) is 6. The molecule has 2 aromatic rings. The van der Waals surface area contributed by atoms with E-state index in [0.717, 1.165) is 5.56 Å². The Bertz CT molecular complexity index is 698. The number of carbonyl (C=O) groups excluding carboxylic acids is 2. The van der Waals surface area contributed by atoms with Crippen molar-refractivity contribution in [2.75, 3.05) is 32.8 Å². The molecule has 0 radical (unpaired) electrons. The molecule has 0 N–H and O–H groups in total. The van der Waals surface area contributed by atoms with Crippen molar-refractivity contribution in [3.63, 3.8) is 0 Å². The Hall–Kier alpha value is -2.97. The van der Waals surface area contributed by atoms with E-state index in [1.165, 1.54) is 11.0 Å². The molecule has 1 aromatic carbocycles. The number of piperazine rings is 1. The highest BCUT2D eigenvalue weighted by molar-refractivity contribution is 5.84. The van der Waals surface area contributed by atoms with E-state index in [4.69, 9.17) is 4.74 Å². The number of hydrogen-bond acceptors (Lipinski definition) is 6. The van der Waals surface area contributed by atoms with Crippen molar-refractivity contribution < 1.29 is 14.3 Å². The highest BCUT2D eigenvalue weighted by atomic mass is 16.6. The van der Waals surface area contributed by atoms with Gasteiger partial charge in [-0.2, -0.15) is 0 Å². The summed E-state index contributed by atoms with van der Waals surface area (Å²) >= 11 is 0. The third-order valence-corrected chi connectivity index (χ3v) is 4.10. The summed E-state index contributed by atoms with van der Waals surface area (Å²) in [5, 5.41) is 11.2. The Labute approximate surface area is 145 Å². The van der Waals surface area contributed by atoms with Crippen LogP contribution in [-0.2, 0) is 9.53 Å². The lowest BCUT2D eigenvalue weighted by atomic mass is 10.1. The molecule has 0 spiro atoms. The number of rotatable bonds is 4. The SMILES string of the molecule is CCOC(=O)N1CCN(C(=O)C(c2ccccc2)n2cnnn2)CC1. The standard InChI is InChI=1S/C16H20N6O3/c1-2-25-16(24)21-10-8-20(9-11-21)15(23)14(22-12-17-18-19-22)13-6-4-3-5-7-13/h3-7,12,14H,2,8-11H2,1H3. The minimum absolute atomic E-state index is 0.0954. The second-order valence-corrected chi connectivity index (χ2v) is 5.61. The molecule has 2 heterocycles. The molecule has 25 heavy (non-hydrogen) atoms. The Balaban J connectivity index is 1.73. The van der Waals surface area contributed by atoms with Gasteiger partial charge in [-0.15, -0.1) is 5.10 Å². The second kappa shape index (κ2) is 7.73. The van der Waals surface area contributed by atoms with Gasteiger partial charge in [0.1, 0.15) is 6.33 Å². The van der Waals surface area contributed by atoms with Gasteiger partial charge in [0, 0.05) is 26.2 Å². The molecule has 3 rings (SSSR count). The van der Waals surface area contributed by atoms with Gasteiger partial charge in [0.25, 0.3) is 5.91 Å². The van der Waals surface area contributed by atoms with Gasteiger partial charge < -0.3 is 14.5 Å². The number of carbonyl (C=O) groups is 2. The molecule has 1 atom stereocenters. The Morgan fingerprint density at radius 3 is 2.40 bits per heavy atom. The molecular formula is C16H20N6O3. The van der Waals surface area contributed by atoms with E-state index < -0.39 is 6.04 Å². The molecule has 0 aliphatic carbocycles. The van der Waals surface area contributed by atoms with Crippen molar-refractivity contribution in [3.05, 3.63) is 42.2 Å². The summed E-state index contributed by atoms with van der Waals surface area (Å²) in [6.07, 6.45) is 1.10. The molecule has 2 amide bonds. The van der Waals surface area contributed by atoms with Crippen LogP contribution in [0.3, 0.4) is 0 Å². The molecule has 0 saturated carbocycles. The van der Waals surface area contributed by atoms with Gasteiger partial charge in [-0.05, 0) is 22.9 Å². The maximum Gasteiger partial charge on any atom is 0.409 e. The quantitative estimate of drug-likeness (QED) is 0.805. The third kappa shape index (κ3) is 3.76. The normalized spacial score (nSPS) is 15.7. The van der Waals surface area contributed by atoms with E-state index in [9.17, 15) is 9.59 Å². The fourth-order valence-electron chi connectivity index (χ4n) is 2.83. The first kappa shape index (κ1) is 16.9. The molecule has 0 bridgehead atoms. The van der Waals surface area contributed by atoms with Gasteiger partial charge in [0.2, 0.25) is 0 Å². The predicted octanol–water partition coefficient (Wildman–Crippen LogP) is 0.563. The Morgan fingerprint density at radius 2 is 1.80 bits per heavy atom. The second-order valence-electron chi connectivity index (χ2n) is 5.61. The van der Waals surface area contributed by atoms with E-state index in [0.29, 0.717) is 32.8 Å². The van der Waals surface area contributed by atoms with Crippen molar-refractivity contribution in [2.45, 2.75) is 13.0 Å². The van der Waals surface area contributed by atoms with Crippen molar-refractivity contribution in [1.29, 1.82) is 0 Å². The van der Waals surface area contributed by atoms with Crippen LogP contribution in [0.5, 0.6) is 0 Å². The largest absolute Gasteiger partial charge is 0.450 e. The maximum absolute atomic E-state index is 13.1. The van der Waals surface area contributed by atoms with E-state index >= 15 is 0 Å². The van der Waals surface area contributed by atoms with Gasteiger partial charge in [-0.1, -0.05) is 30.3 Å². The number of aromatic nitrogens is 4. The fourth-order valence-corrected chi connectivity index (χ4v) is 2.83. The van der Waals surface area contributed by atoms with Crippen molar-refractivity contribution >= 4 is 12.0 Å². The van der Waals surface area contributed by atoms with Crippen LogP contribution in [0.25, 0.3) is 0 Å². The minimum Gasteiger partial charge on any atom is -0.450 e. The van der Waals surface area contributed by atoms with E-state index in [-0.39, 0.29) is 12.0 Å². The number of amides is 2. The first-order chi connectivity index (χ1) is 12.2. The van der Waals surface area contributed by atoms with Gasteiger partial charge in [-0.3, -0.25) is 4.79 Å². The van der Waals surface area contributed by atoms with Crippen LogP contribution in [0.4, 0.5) is 4.79 Å². The van der Waals surface area contributed by atoms with Crippen molar-refractivity contribution in [1.82, 2.24) is 30.0 Å². The third-order valence-electron chi connectivity index (χ3n) is 4.10. The van der Waals surface area contributed by atoms with E-state index in [1.54, 1.807) is 16.7 Å². The van der Waals surface area contributed by atoms with Crippen molar-refractivity contribution in [2.24, 2.45) is 0 Å². The predicted molar refractivity (Wildman–Crippen MR) is 87.6 cm³/mol. The van der Waals surface area contributed by atoms with Gasteiger partial charge in [-0.25, -0.2) is 9.48 Å². The number of ether oxygens (including phenoxy) is 1. The zero-order chi connectivity index (χ0) is 17.6. The lowest BCUT2D eigenvalue weighted by Gasteiger charge is -2.35. The molecule has 1 aromatic heterocycles. The van der Waals surface area contributed by atoms with Gasteiger partial charge in [0.05, 0.1) is 6.61 Å². The minimum atomic E-state index is -0.620. The smallest absolute Gasteiger partial charge is 0.409 e. The monoisotopic (exact) mass is 344 g/mol. The van der Waals surface area contributed by atoms with Crippen LogP contribution < -0.4 is 0 Å². The lowest BCUT2D eigenvalue weighted by Crippen LogP contribution is -2.52. The summed E-state index contributed by atoms with van der Waals surface area (Å²) in [6, 6.07) is 8.77. The average molecular weight is 344 g/mol. The molecule has 9 nitrogen and oxygen atoms in total. The topological polar surface area (TPSA) is 93.5 Å². The fraction of sp³-hybridized carbons (Fsp3) is 0.438. The van der Waals surface area contributed by atoms with Crippen LogP contribution in [0, 0.1) is 0 Å². The molecule has 132 valence electrons. The van der Waals surface area contributed by atoms with Crippen LogP contribution >= 0.6 is 0 Å². The highest BCUT2D eigenvalue weighted by Gasteiger charge is 2.32. The zero-order valence-corrected chi connectivity index (χ0v) is 14.0. The molecule has 1 saturated heterocycles. The van der Waals surface area contributed by atoms with Gasteiger partial charge in [0.15, 0.2) is 6.04 Å². The maximum atomic E-state index is 13.1. The summed E-state index contributed by atoms with van der Waals surface area (Å²) < 4.78 is 6.46. The first-order valence-corrected chi connectivity index (χ1v) is 8.18. The van der Waals surface area contributed by atoms with Gasteiger partial charge >= 0.3 is 6.09 Å². The molecule has 1 unspecified atom stereocenters. The van der Waals surface area contributed by atoms with E-state index in [1.807, 2.05) is 30.3 Å². The van der Waals surface area contributed by atoms with Crippen LogP contribution in [0.15, 0.2) is 36.7 Å². The molecule has 1 fully saturated rings. The lowest BCUT2D eigenvalue weighted by molar-refractivity contribution is -0.135. The molecule has 1 aliphatic rings. The Morgan fingerprint density at radius 1 is 1.12 bits per heavy atom. The summed E-state index contributed by atoms with van der Waals surface area (Å²) in [5.41, 5.74) is 0.813. The first-order valence-electron chi connectivity index (χ1n) is 8.18. The average Bonchev–Trinajstić information content (AvgIpc) is 3.17. The molecular weight excluding hydrogens is 324 g/mol. The van der Waals surface area contributed by atoms with Crippen molar-refractivity contribution in [3.8, 4) is 0 Å². The summed E-state index contributed by atoms with van der Waals surface area (Å²) in [4.78, 5) is 28.2. The summed E-state index contributed by atoms with van der Waals surface area (Å²) in [7, 11) is 0. The van der Waals surface area contributed by atoms with Crippen LogP contribution in [0.1, 0.15) is 18.5 Å². The zero-order valence-electron chi connectivity index (χ0n) is 14.0. The summed E-state index contributed by atoms with van der Waals surface area (Å²) in [5.74, 6) is -0.0954.